The summed E-state index contributed by atoms with van der Waals surface area (Å²) in [5.74, 6) is 0. The molecule has 2 heterocycles. The summed E-state index contributed by atoms with van der Waals surface area (Å²) in [7, 11) is -1.83. The normalized spacial score (nSPS) is 21.5. The SMILES string of the molecule is Cc1ncsc1CN(C)S(=O)(=O)N1CCCCC1CN. The van der Waals surface area contributed by atoms with E-state index >= 15 is 0 Å². The van der Waals surface area contributed by atoms with Crippen LogP contribution in [0, 0.1) is 6.92 Å². The number of piperidine rings is 1. The molecule has 1 aliphatic heterocycles. The van der Waals surface area contributed by atoms with Gasteiger partial charge in [0.2, 0.25) is 0 Å². The van der Waals surface area contributed by atoms with E-state index in [1.807, 2.05) is 6.92 Å². The Morgan fingerprint density at radius 3 is 2.90 bits per heavy atom. The van der Waals surface area contributed by atoms with Crippen molar-refractivity contribution < 1.29 is 8.42 Å². The van der Waals surface area contributed by atoms with Crippen molar-refractivity contribution in [2.24, 2.45) is 5.73 Å². The Labute approximate surface area is 124 Å². The Balaban J connectivity index is 2.14. The van der Waals surface area contributed by atoms with Gasteiger partial charge in [-0.3, -0.25) is 0 Å². The summed E-state index contributed by atoms with van der Waals surface area (Å²) in [4.78, 5) is 5.14. The van der Waals surface area contributed by atoms with Crippen molar-refractivity contribution in [3.8, 4) is 0 Å². The van der Waals surface area contributed by atoms with Gasteiger partial charge < -0.3 is 5.73 Å². The number of aromatic nitrogens is 1. The third-order valence-corrected chi connectivity index (χ3v) is 6.66. The first kappa shape index (κ1) is 15.8. The Morgan fingerprint density at radius 2 is 2.30 bits per heavy atom. The third-order valence-electron chi connectivity index (χ3n) is 3.75. The minimum atomic E-state index is -3.45. The first-order valence-electron chi connectivity index (χ1n) is 6.79. The monoisotopic (exact) mass is 318 g/mol. The lowest BCUT2D eigenvalue weighted by molar-refractivity contribution is 0.240. The predicted molar refractivity (Wildman–Crippen MR) is 80.6 cm³/mol. The van der Waals surface area contributed by atoms with Gasteiger partial charge in [-0.1, -0.05) is 6.42 Å². The second-order valence-corrected chi connectivity index (χ2v) is 8.05. The van der Waals surface area contributed by atoms with Crippen LogP contribution >= 0.6 is 11.3 Å². The van der Waals surface area contributed by atoms with Gasteiger partial charge in [0.25, 0.3) is 10.2 Å². The van der Waals surface area contributed by atoms with Gasteiger partial charge in [0.1, 0.15) is 0 Å². The summed E-state index contributed by atoms with van der Waals surface area (Å²) in [5, 5.41) is 0. The standard InChI is InChI=1S/C12H22N4O2S2/c1-10-12(19-9-14-10)8-15(2)20(17,18)16-6-4-3-5-11(16)7-13/h9,11H,3-8,13H2,1-2H3. The minimum Gasteiger partial charge on any atom is -0.329 e. The van der Waals surface area contributed by atoms with Crippen molar-refractivity contribution in [3.63, 3.8) is 0 Å². The fourth-order valence-electron chi connectivity index (χ4n) is 2.45. The molecule has 1 aliphatic rings. The molecule has 20 heavy (non-hydrogen) atoms. The van der Waals surface area contributed by atoms with E-state index in [2.05, 4.69) is 4.98 Å². The number of rotatable bonds is 5. The van der Waals surface area contributed by atoms with Gasteiger partial charge >= 0.3 is 0 Å². The van der Waals surface area contributed by atoms with Crippen LogP contribution in [-0.4, -0.2) is 48.2 Å². The molecule has 1 aromatic heterocycles. The molecule has 8 heteroatoms. The van der Waals surface area contributed by atoms with Crippen LogP contribution in [0.1, 0.15) is 29.8 Å². The molecule has 0 spiro atoms. The highest BCUT2D eigenvalue weighted by molar-refractivity contribution is 7.86. The van der Waals surface area contributed by atoms with E-state index in [1.165, 1.54) is 15.6 Å². The second kappa shape index (κ2) is 6.48. The van der Waals surface area contributed by atoms with Crippen LogP contribution in [0.4, 0.5) is 0 Å². The summed E-state index contributed by atoms with van der Waals surface area (Å²) < 4.78 is 28.3. The number of hydrogen-bond acceptors (Lipinski definition) is 5. The van der Waals surface area contributed by atoms with Gasteiger partial charge in [0.15, 0.2) is 0 Å². The molecule has 0 aromatic carbocycles. The molecule has 1 unspecified atom stereocenters. The van der Waals surface area contributed by atoms with Crippen LogP contribution in [0.5, 0.6) is 0 Å². The van der Waals surface area contributed by atoms with Crippen LogP contribution in [0.3, 0.4) is 0 Å². The molecular formula is C12H22N4O2S2. The highest BCUT2D eigenvalue weighted by Crippen LogP contribution is 2.23. The average Bonchev–Trinajstić information content (AvgIpc) is 2.84. The van der Waals surface area contributed by atoms with Gasteiger partial charge in [-0.2, -0.15) is 17.0 Å². The van der Waals surface area contributed by atoms with Crippen molar-refractivity contribution in [2.75, 3.05) is 20.1 Å². The smallest absolute Gasteiger partial charge is 0.282 e. The van der Waals surface area contributed by atoms with Crippen LogP contribution in [0.25, 0.3) is 0 Å². The molecule has 1 atom stereocenters. The maximum Gasteiger partial charge on any atom is 0.282 e. The quantitative estimate of drug-likeness (QED) is 0.876. The Kier molecular flexibility index (Phi) is 5.14. The van der Waals surface area contributed by atoms with E-state index in [0.717, 1.165) is 29.8 Å². The van der Waals surface area contributed by atoms with Gasteiger partial charge in [-0.15, -0.1) is 11.3 Å². The highest BCUT2D eigenvalue weighted by atomic mass is 32.2. The average molecular weight is 318 g/mol. The molecule has 0 saturated carbocycles. The van der Waals surface area contributed by atoms with E-state index in [-0.39, 0.29) is 6.04 Å². The fourth-order valence-corrected chi connectivity index (χ4v) is 4.94. The van der Waals surface area contributed by atoms with Crippen LogP contribution < -0.4 is 5.73 Å². The molecule has 1 saturated heterocycles. The van der Waals surface area contributed by atoms with Gasteiger partial charge in [0.05, 0.1) is 17.7 Å². The minimum absolute atomic E-state index is 0.0706. The zero-order valence-corrected chi connectivity index (χ0v) is 13.6. The van der Waals surface area contributed by atoms with E-state index in [0.29, 0.717) is 19.6 Å². The third kappa shape index (κ3) is 3.20. The number of nitrogens with two attached hydrogens (primary N) is 1. The number of thiazole rings is 1. The molecule has 2 N–H and O–H groups in total. The first-order chi connectivity index (χ1) is 9.46. The molecule has 0 amide bonds. The lowest BCUT2D eigenvalue weighted by Crippen LogP contribution is -2.51. The Bertz CT molecular complexity index is 543. The van der Waals surface area contributed by atoms with Crippen molar-refractivity contribution in [3.05, 3.63) is 16.1 Å². The molecule has 2 rings (SSSR count). The van der Waals surface area contributed by atoms with Crippen molar-refractivity contribution in [1.82, 2.24) is 13.6 Å². The van der Waals surface area contributed by atoms with Gasteiger partial charge in [0, 0.05) is 31.1 Å². The lowest BCUT2D eigenvalue weighted by atomic mass is 10.1. The zero-order valence-electron chi connectivity index (χ0n) is 11.9. The maximum absolute atomic E-state index is 12.7. The molecule has 114 valence electrons. The number of nitrogens with zero attached hydrogens (tertiary/aromatic N) is 3. The van der Waals surface area contributed by atoms with E-state index in [4.69, 9.17) is 5.73 Å². The Morgan fingerprint density at radius 1 is 1.55 bits per heavy atom. The summed E-state index contributed by atoms with van der Waals surface area (Å²) in [6.45, 7) is 3.21. The molecule has 0 radical (unpaired) electrons. The lowest BCUT2D eigenvalue weighted by Gasteiger charge is -2.36. The van der Waals surface area contributed by atoms with Crippen LogP contribution in [0.15, 0.2) is 5.51 Å². The second-order valence-electron chi connectivity index (χ2n) is 5.12. The summed E-state index contributed by atoms with van der Waals surface area (Å²) in [6, 6.07) is -0.0706. The number of hydrogen-bond donors (Lipinski definition) is 1. The topological polar surface area (TPSA) is 79.5 Å². The maximum atomic E-state index is 12.7. The molecular weight excluding hydrogens is 296 g/mol. The molecule has 1 aromatic rings. The highest BCUT2D eigenvalue weighted by Gasteiger charge is 2.34. The molecule has 0 aliphatic carbocycles. The van der Waals surface area contributed by atoms with Crippen LogP contribution in [0.2, 0.25) is 0 Å². The summed E-state index contributed by atoms with van der Waals surface area (Å²) in [5.41, 5.74) is 8.36. The Hall–Kier alpha value is -0.540. The molecule has 1 fully saturated rings. The fraction of sp³-hybridized carbons (Fsp3) is 0.750. The summed E-state index contributed by atoms with van der Waals surface area (Å²) >= 11 is 1.49. The predicted octanol–water partition coefficient (Wildman–Crippen LogP) is 0.941. The van der Waals surface area contributed by atoms with E-state index in [9.17, 15) is 8.42 Å². The van der Waals surface area contributed by atoms with Gasteiger partial charge in [-0.05, 0) is 19.8 Å². The van der Waals surface area contributed by atoms with Crippen molar-refractivity contribution in [2.45, 2.75) is 38.8 Å². The summed E-state index contributed by atoms with van der Waals surface area (Å²) in [6.07, 6.45) is 2.80. The van der Waals surface area contributed by atoms with E-state index in [1.54, 1.807) is 16.9 Å². The first-order valence-corrected chi connectivity index (χ1v) is 9.06. The number of aryl methyl sites for hydroxylation is 1. The largest absolute Gasteiger partial charge is 0.329 e. The van der Waals surface area contributed by atoms with Crippen molar-refractivity contribution in [1.29, 1.82) is 0 Å². The molecule has 6 nitrogen and oxygen atoms in total. The zero-order chi connectivity index (χ0) is 14.8. The van der Waals surface area contributed by atoms with Crippen LogP contribution in [-0.2, 0) is 16.8 Å². The van der Waals surface area contributed by atoms with Gasteiger partial charge in [-0.25, -0.2) is 4.98 Å². The molecule has 0 bridgehead atoms. The van der Waals surface area contributed by atoms with E-state index < -0.39 is 10.2 Å². The van der Waals surface area contributed by atoms with Crippen molar-refractivity contribution >= 4 is 21.5 Å².